The lowest BCUT2D eigenvalue weighted by molar-refractivity contribution is -0.123. The smallest absolute Gasteiger partial charge is 0.312 e. The molecule has 6 heteroatoms. The van der Waals surface area contributed by atoms with Crippen LogP contribution in [0.25, 0.3) is 0 Å². The number of carbonyl (C=O) groups is 2. The lowest BCUT2D eigenvalue weighted by Crippen LogP contribution is -2.50. The van der Waals surface area contributed by atoms with E-state index < -0.39 is 12.1 Å². The van der Waals surface area contributed by atoms with Gasteiger partial charge in [-0.15, -0.1) is 0 Å². The van der Waals surface area contributed by atoms with Gasteiger partial charge in [-0.05, 0) is 19.8 Å². The van der Waals surface area contributed by atoms with Gasteiger partial charge in [-0.1, -0.05) is 6.42 Å². The molecular weight excluding hydrogens is 210 g/mol. The van der Waals surface area contributed by atoms with Gasteiger partial charge in [-0.25, -0.2) is 4.79 Å². The summed E-state index contributed by atoms with van der Waals surface area (Å²) in [6.45, 7) is 1.66. The number of nitrogens with one attached hydrogen (secondary N) is 2. The summed E-state index contributed by atoms with van der Waals surface area (Å²) in [5.41, 5.74) is 4.92. The third kappa shape index (κ3) is 3.37. The Kier molecular flexibility index (Phi) is 4.54. The van der Waals surface area contributed by atoms with Crippen molar-refractivity contribution in [2.75, 3.05) is 6.61 Å². The lowest BCUT2D eigenvalue weighted by atomic mass is 10.0. The molecule has 6 nitrogen and oxygen atoms in total. The Bertz CT molecular complexity index is 270. The highest BCUT2D eigenvalue weighted by Gasteiger charge is 2.29. The van der Waals surface area contributed by atoms with Crippen molar-refractivity contribution in [2.24, 2.45) is 11.7 Å². The van der Waals surface area contributed by atoms with Crippen LogP contribution in [-0.4, -0.2) is 35.7 Å². The quantitative estimate of drug-likeness (QED) is 0.513. The molecule has 3 unspecified atom stereocenters. The molecule has 0 aromatic carbocycles. The Labute approximate surface area is 94.6 Å². The molecule has 0 aromatic rings. The molecule has 0 radical (unpaired) electrons. The fourth-order valence-electron chi connectivity index (χ4n) is 2.03. The Morgan fingerprint density at radius 3 is 2.75 bits per heavy atom. The van der Waals surface area contributed by atoms with Crippen LogP contribution in [-0.2, 0) is 4.79 Å². The first-order valence-corrected chi connectivity index (χ1v) is 5.51. The summed E-state index contributed by atoms with van der Waals surface area (Å²) in [4.78, 5) is 22.2. The molecule has 16 heavy (non-hydrogen) atoms. The first-order valence-electron chi connectivity index (χ1n) is 5.51. The molecule has 0 saturated heterocycles. The monoisotopic (exact) mass is 229 g/mol. The van der Waals surface area contributed by atoms with E-state index in [-0.39, 0.29) is 24.5 Å². The van der Waals surface area contributed by atoms with E-state index in [9.17, 15) is 9.59 Å². The minimum Gasteiger partial charge on any atom is -0.396 e. The van der Waals surface area contributed by atoms with Crippen molar-refractivity contribution in [3.8, 4) is 0 Å². The van der Waals surface area contributed by atoms with Crippen LogP contribution >= 0.6 is 0 Å². The summed E-state index contributed by atoms with van der Waals surface area (Å²) < 4.78 is 0. The Hall–Kier alpha value is -1.30. The molecule has 0 aromatic heterocycles. The molecular formula is C10H19N3O3. The number of hydrogen-bond acceptors (Lipinski definition) is 3. The normalized spacial score (nSPS) is 26.1. The average Bonchev–Trinajstić information content (AvgIpc) is 2.64. The molecule has 0 heterocycles. The van der Waals surface area contributed by atoms with E-state index in [1.54, 1.807) is 6.92 Å². The third-order valence-electron chi connectivity index (χ3n) is 2.97. The number of aliphatic hydroxyl groups excluding tert-OH is 1. The van der Waals surface area contributed by atoms with E-state index in [0.29, 0.717) is 0 Å². The first kappa shape index (κ1) is 12.8. The van der Waals surface area contributed by atoms with Gasteiger partial charge in [0.05, 0.1) is 0 Å². The van der Waals surface area contributed by atoms with Crippen LogP contribution < -0.4 is 16.4 Å². The second-order valence-corrected chi connectivity index (χ2v) is 4.22. The number of amides is 3. The van der Waals surface area contributed by atoms with Gasteiger partial charge in [0.25, 0.3) is 0 Å². The van der Waals surface area contributed by atoms with Crippen LogP contribution in [0.5, 0.6) is 0 Å². The van der Waals surface area contributed by atoms with Crippen LogP contribution in [0.2, 0.25) is 0 Å². The van der Waals surface area contributed by atoms with Crippen molar-refractivity contribution in [1.82, 2.24) is 10.6 Å². The number of carbonyl (C=O) groups excluding carboxylic acids is 2. The largest absolute Gasteiger partial charge is 0.396 e. The van der Waals surface area contributed by atoms with Gasteiger partial charge in [0.1, 0.15) is 6.04 Å². The lowest BCUT2D eigenvalue weighted by Gasteiger charge is -2.21. The third-order valence-corrected chi connectivity index (χ3v) is 2.97. The molecule has 3 atom stereocenters. The molecule has 1 saturated carbocycles. The predicted molar refractivity (Wildman–Crippen MR) is 58.5 cm³/mol. The molecule has 0 spiro atoms. The number of rotatable bonds is 4. The highest BCUT2D eigenvalue weighted by molar-refractivity contribution is 5.86. The van der Waals surface area contributed by atoms with Crippen LogP contribution in [0.3, 0.4) is 0 Å². The fraction of sp³-hybridized carbons (Fsp3) is 0.800. The number of aliphatic hydroxyl groups is 1. The van der Waals surface area contributed by atoms with Crippen molar-refractivity contribution in [3.05, 3.63) is 0 Å². The topological polar surface area (TPSA) is 104 Å². The fourth-order valence-corrected chi connectivity index (χ4v) is 2.03. The van der Waals surface area contributed by atoms with Gasteiger partial charge >= 0.3 is 6.03 Å². The molecule has 0 aliphatic heterocycles. The van der Waals surface area contributed by atoms with Crippen molar-refractivity contribution in [3.63, 3.8) is 0 Å². The molecule has 1 aliphatic carbocycles. The van der Waals surface area contributed by atoms with Crippen LogP contribution in [0.15, 0.2) is 0 Å². The Morgan fingerprint density at radius 2 is 2.19 bits per heavy atom. The minimum absolute atomic E-state index is 0.00891. The number of urea groups is 1. The zero-order valence-electron chi connectivity index (χ0n) is 9.40. The first-order chi connectivity index (χ1) is 7.54. The van der Waals surface area contributed by atoms with Gasteiger partial charge in [0.2, 0.25) is 5.91 Å². The molecule has 1 rings (SSSR count). The Balaban J connectivity index is 2.41. The average molecular weight is 229 g/mol. The zero-order valence-corrected chi connectivity index (χ0v) is 9.40. The van der Waals surface area contributed by atoms with Crippen molar-refractivity contribution in [1.29, 1.82) is 0 Å². The number of primary amides is 1. The van der Waals surface area contributed by atoms with Crippen molar-refractivity contribution in [2.45, 2.75) is 38.3 Å². The van der Waals surface area contributed by atoms with Gasteiger partial charge in [0, 0.05) is 18.6 Å². The summed E-state index contributed by atoms with van der Waals surface area (Å²) in [6.07, 6.45) is 2.81. The van der Waals surface area contributed by atoms with Gasteiger partial charge < -0.3 is 21.5 Å². The highest BCUT2D eigenvalue weighted by Crippen LogP contribution is 2.24. The molecule has 1 fully saturated rings. The maximum absolute atomic E-state index is 11.6. The van der Waals surface area contributed by atoms with Crippen LogP contribution in [0, 0.1) is 5.92 Å². The summed E-state index contributed by atoms with van der Waals surface area (Å²) in [6, 6.07) is -1.35. The van der Waals surface area contributed by atoms with E-state index in [4.69, 9.17) is 10.8 Å². The standard InChI is InChI=1S/C10H19N3O3/c1-6(12-10(11)16)9(15)13-8-4-2-3-7(8)5-14/h6-8,14H,2-5H2,1H3,(H,13,15)(H3,11,12,16). The molecule has 0 bridgehead atoms. The van der Waals surface area contributed by atoms with E-state index in [0.717, 1.165) is 19.3 Å². The minimum atomic E-state index is -0.715. The summed E-state index contributed by atoms with van der Waals surface area (Å²) >= 11 is 0. The van der Waals surface area contributed by atoms with E-state index in [1.165, 1.54) is 0 Å². The molecule has 5 N–H and O–H groups in total. The maximum atomic E-state index is 11.6. The zero-order chi connectivity index (χ0) is 12.1. The highest BCUT2D eigenvalue weighted by atomic mass is 16.3. The second-order valence-electron chi connectivity index (χ2n) is 4.22. The van der Waals surface area contributed by atoms with Gasteiger partial charge in [-0.3, -0.25) is 4.79 Å². The second kappa shape index (κ2) is 5.69. The summed E-state index contributed by atoms with van der Waals surface area (Å²) in [5, 5.41) is 14.2. The summed E-state index contributed by atoms with van der Waals surface area (Å²) in [5.74, 6) is -0.131. The van der Waals surface area contributed by atoms with E-state index in [2.05, 4.69) is 10.6 Å². The van der Waals surface area contributed by atoms with Gasteiger partial charge in [-0.2, -0.15) is 0 Å². The molecule has 92 valence electrons. The Morgan fingerprint density at radius 1 is 1.50 bits per heavy atom. The van der Waals surface area contributed by atoms with Crippen molar-refractivity contribution < 1.29 is 14.7 Å². The van der Waals surface area contributed by atoms with Crippen LogP contribution in [0.4, 0.5) is 4.79 Å². The van der Waals surface area contributed by atoms with Gasteiger partial charge in [0.15, 0.2) is 0 Å². The molecule has 3 amide bonds. The van der Waals surface area contributed by atoms with E-state index in [1.807, 2.05) is 0 Å². The summed E-state index contributed by atoms with van der Waals surface area (Å²) in [7, 11) is 0. The molecule has 1 aliphatic rings. The maximum Gasteiger partial charge on any atom is 0.312 e. The number of hydrogen-bond donors (Lipinski definition) is 4. The predicted octanol–water partition coefficient (Wildman–Crippen LogP) is -0.680. The van der Waals surface area contributed by atoms with E-state index >= 15 is 0 Å². The number of nitrogens with two attached hydrogens (primary N) is 1. The SMILES string of the molecule is CC(NC(N)=O)C(=O)NC1CCCC1CO. The van der Waals surface area contributed by atoms with Crippen molar-refractivity contribution >= 4 is 11.9 Å². The van der Waals surface area contributed by atoms with Crippen LogP contribution in [0.1, 0.15) is 26.2 Å².